The molecule has 0 saturated carbocycles. The van der Waals surface area contributed by atoms with Crippen molar-refractivity contribution >= 4 is 0 Å². The molecule has 0 atom stereocenters. The first-order chi connectivity index (χ1) is 5.29. The highest BCUT2D eigenvalue weighted by molar-refractivity contribution is 5.16. The zero-order valence-electron chi connectivity index (χ0n) is 6.83. The number of nitrogens with zero attached hydrogens (tertiary/aromatic N) is 1. The van der Waals surface area contributed by atoms with Gasteiger partial charge < -0.3 is 10.3 Å². The molecule has 1 aromatic heterocycles. The van der Waals surface area contributed by atoms with Crippen LogP contribution in [-0.4, -0.2) is 11.0 Å². The van der Waals surface area contributed by atoms with Crippen LogP contribution in [0.25, 0.3) is 0 Å². The highest BCUT2D eigenvalue weighted by Gasteiger charge is 1.85. The molecule has 1 radical (unpaired) electrons. The lowest BCUT2D eigenvalue weighted by Gasteiger charge is -2.13. The molecule has 0 bridgehead atoms. The normalized spacial score (nSPS) is 10.1. The predicted octanol–water partition coefficient (Wildman–Crippen LogP) is 1.47. The number of pyridine rings is 1. The Morgan fingerprint density at radius 1 is 1.55 bits per heavy atom. The second-order valence-corrected chi connectivity index (χ2v) is 2.67. The minimum Gasteiger partial charge on any atom is -0.348 e. The summed E-state index contributed by atoms with van der Waals surface area (Å²) in [6, 6.07) is 4.28. The largest absolute Gasteiger partial charge is 0.348 e. The van der Waals surface area contributed by atoms with Gasteiger partial charge in [-0.15, -0.1) is 12.6 Å². The van der Waals surface area contributed by atoms with Crippen molar-refractivity contribution in [3.8, 4) is 0 Å². The van der Waals surface area contributed by atoms with E-state index in [4.69, 9.17) is 0 Å². The molecule has 0 unspecified atom stereocenters. The fourth-order valence-corrected chi connectivity index (χ4v) is 0.664. The van der Waals surface area contributed by atoms with Crippen molar-refractivity contribution in [2.45, 2.75) is 19.9 Å². The topological polar surface area (TPSA) is 24.9 Å². The molecule has 0 aliphatic rings. The van der Waals surface area contributed by atoms with Gasteiger partial charge >= 0.3 is 0 Å². The Morgan fingerprint density at radius 2 is 2.36 bits per heavy atom. The van der Waals surface area contributed by atoms with E-state index in [1.807, 2.05) is 12.1 Å². The van der Waals surface area contributed by atoms with Crippen LogP contribution in [0.15, 0.2) is 24.5 Å². The van der Waals surface area contributed by atoms with Crippen molar-refractivity contribution in [3.63, 3.8) is 0 Å². The summed E-state index contributed by atoms with van der Waals surface area (Å²) in [6.45, 7) is 7.18. The van der Waals surface area contributed by atoms with E-state index in [-0.39, 0.29) is 0 Å². The Kier molecular flexibility index (Phi) is 2.93. The van der Waals surface area contributed by atoms with Crippen LogP contribution in [-0.2, 0) is 0 Å². The van der Waals surface area contributed by atoms with E-state index in [0.29, 0.717) is 6.04 Å². The molecule has 1 rings (SSSR count). The molecule has 0 fully saturated rings. The lowest BCUT2D eigenvalue weighted by Crippen LogP contribution is -2.19. The van der Waals surface area contributed by atoms with Gasteiger partial charge in [-0.2, -0.15) is 11.6 Å². The van der Waals surface area contributed by atoms with Gasteiger partial charge in [0, 0.05) is 0 Å². The smallest absolute Gasteiger partial charge is 0.000386 e. The van der Waals surface area contributed by atoms with E-state index in [2.05, 4.69) is 30.7 Å². The van der Waals surface area contributed by atoms with Crippen molar-refractivity contribution < 1.29 is 0 Å². The lowest BCUT2D eigenvalue weighted by atomic mass is 10.2. The SMILES string of the molecule is CC(C)N[C-]c1cccnc1. The fourth-order valence-electron chi connectivity index (χ4n) is 0.664. The predicted molar refractivity (Wildman–Crippen MR) is 44.9 cm³/mol. The van der Waals surface area contributed by atoms with E-state index in [0.717, 1.165) is 5.56 Å². The van der Waals surface area contributed by atoms with Crippen LogP contribution in [0.4, 0.5) is 0 Å². The number of rotatable bonds is 3. The number of hydrogen-bond acceptors (Lipinski definition) is 2. The first-order valence-corrected chi connectivity index (χ1v) is 3.70. The number of nitrogens with one attached hydrogen (secondary N) is 1. The average molecular weight is 148 g/mol. The number of hydrogen-bond donors (Lipinski definition) is 1. The van der Waals surface area contributed by atoms with Crippen molar-refractivity contribution in [2.24, 2.45) is 0 Å². The summed E-state index contributed by atoms with van der Waals surface area (Å²) in [7, 11) is 0. The lowest BCUT2D eigenvalue weighted by molar-refractivity contribution is 0.672. The second-order valence-electron chi connectivity index (χ2n) is 2.67. The molecule has 11 heavy (non-hydrogen) atoms. The van der Waals surface area contributed by atoms with E-state index < -0.39 is 0 Å². The zero-order valence-corrected chi connectivity index (χ0v) is 6.83. The van der Waals surface area contributed by atoms with Crippen LogP contribution in [0.1, 0.15) is 19.4 Å². The van der Waals surface area contributed by atoms with Gasteiger partial charge in [-0.25, -0.2) is 0 Å². The van der Waals surface area contributed by atoms with Crippen molar-refractivity contribution in [2.75, 3.05) is 0 Å². The summed E-state index contributed by atoms with van der Waals surface area (Å²) < 4.78 is 0. The molecule has 2 nitrogen and oxygen atoms in total. The van der Waals surface area contributed by atoms with Crippen LogP contribution in [0.3, 0.4) is 0 Å². The Labute approximate surface area is 67.7 Å². The van der Waals surface area contributed by atoms with Crippen molar-refractivity contribution in [1.82, 2.24) is 10.3 Å². The molecule has 0 aromatic carbocycles. The van der Waals surface area contributed by atoms with Crippen LogP contribution < -0.4 is 5.32 Å². The van der Waals surface area contributed by atoms with E-state index >= 15 is 0 Å². The summed E-state index contributed by atoms with van der Waals surface area (Å²) in [4.78, 5) is 3.96. The van der Waals surface area contributed by atoms with Gasteiger partial charge in [-0.3, -0.25) is 0 Å². The Balaban J connectivity index is 2.39. The van der Waals surface area contributed by atoms with Gasteiger partial charge in [0.1, 0.15) is 0 Å². The molecule has 0 aliphatic carbocycles. The van der Waals surface area contributed by atoms with Crippen LogP contribution >= 0.6 is 0 Å². The third kappa shape index (κ3) is 3.05. The van der Waals surface area contributed by atoms with Crippen LogP contribution in [0.2, 0.25) is 0 Å². The zero-order chi connectivity index (χ0) is 8.10. The summed E-state index contributed by atoms with van der Waals surface area (Å²) in [5.74, 6) is 0. The van der Waals surface area contributed by atoms with Gasteiger partial charge in [-0.05, 0) is 12.2 Å². The van der Waals surface area contributed by atoms with Crippen LogP contribution in [0, 0.1) is 6.54 Å². The standard InChI is InChI=1S/C9H12N2/c1-8(2)11-7-9-4-3-5-10-6-9/h3-6,8,11H,1-2H3/q-1. The minimum absolute atomic E-state index is 0.426. The van der Waals surface area contributed by atoms with Crippen molar-refractivity contribution in [1.29, 1.82) is 0 Å². The van der Waals surface area contributed by atoms with Crippen LogP contribution in [0.5, 0.6) is 0 Å². The maximum Gasteiger partial charge on any atom is -0.000386 e. The summed E-state index contributed by atoms with van der Waals surface area (Å²) in [5.41, 5.74) is 0.987. The molecule has 1 aromatic rings. The molecule has 2 heteroatoms. The third-order valence-electron chi connectivity index (χ3n) is 1.17. The molecule has 0 aliphatic heterocycles. The molecule has 0 amide bonds. The van der Waals surface area contributed by atoms with E-state index in [1.54, 1.807) is 12.4 Å². The van der Waals surface area contributed by atoms with Gasteiger partial charge in [0.05, 0.1) is 0 Å². The maximum atomic E-state index is 3.96. The summed E-state index contributed by atoms with van der Waals surface area (Å²) >= 11 is 0. The first-order valence-electron chi connectivity index (χ1n) is 3.70. The highest BCUT2D eigenvalue weighted by Crippen LogP contribution is 1.96. The highest BCUT2D eigenvalue weighted by atomic mass is 14.9. The Bertz CT molecular complexity index is 194. The van der Waals surface area contributed by atoms with Gasteiger partial charge in [0.15, 0.2) is 0 Å². The average Bonchev–Trinajstić information content (AvgIpc) is 2.03. The summed E-state index contributed by atoms with van der Waals surface area (Å²) in [6.07, 6.45) is 3.52. The Morgan fingerprint density at radius 3 is 2.91 bits per heavy atom. The van der Waals surface area contributed by atoms with Gasteiger partial charge in [0.2, 0.25) is 0 Å². The third-order valence-corrected chi connectivity index (χ3v) is 1.17. The molecule has 0 saturated heterocycles. The van der Waals surface area contributed by atoms with Crippen molar-refractivity contribution in [3.05, 3.63) is 36.6 Å². The molecule has 0 spiro atoms. The van der Waals surface area contributed by atoms with E-state index in [1.165, 1.54) is 0 Å². The Hall–Kier alpha value is -1.02. The number of aromatic nitrogens is 1. The maximum absolute atomic E-state index is 3.96. The minimum atomic E-state index is 0.426. The van der Waals surface area contributed by atoms with E-state index in [9.17, 15) is 0 Å². The molecule has 1 N–H and O–H groups in total. The van der Waals surface area contributed by atoms with Gasteiger partial charge in [-0.1, -0.05) is 20.0 Å². The second kappa shape index (κ2) is 3.98. The molecular formula is C9H12N2-. The quantitative estimate of drug-likeness (QED) is 0.518. The fraction of sp³-hybridized carbons (Fsp3) is 0.333. The van der Waals surface area contributed by atoms with Gasteiger partial charge in [0.25, 0.3) is 0 Å². The summed E-state index contributed by atoms with van der Waals surface area (Å²) in [5, 5.41) is 3.07. The first kappa shape index (κ1) is 8.08. The monoisotopic (exact) mass is 148 g/mol. The molecule has 59 valence electrons. The molecular weight excluding hydrogens is 136 g/mol. The molecule has 1 heterocycles.